The molecule has 1 heterocycles. The van der Waals surface area contributed by atoms with E-state index in [4.69, 9.17) is 4.42 Å². The van der Waals surface area contributed by atoms with Gasteiger partial charge in [-0.3, -0.25) is 14.9 Å². The number of carbonyl (C=O) groups excluding carboxylic acids is 1. The zero-order chi connectivity index (χ0) is 18.5. The van der Waals surface area contributed by atoms with E-state index in [9.17, 15) is 14.9 Å². The Morgan fingerprint density at radius 3 is 2.54 bits per heavy atom. The molecule has 6 nitrogen and oxygen atoms in total. The van der Waals surface area contributed by atoms with Gasteiger partial charge in [-0.15, -0.1) is 0 Å². The van der Waals surface area contributed by atoms with Crippen molar-refractivity contribution >= 4 is 39.3 Å². The maximum atomic E-state index is 12.0. The van der Waals surface area contributed by atoms with Crippen LogP contribution in [0.4, 0.5) is 11.4 Å². The summed E-state index contributed by atoms with van der Waals surface area (Å²) < 4.78 is 6.52. The number of hydrogen-bond donors (Lipinski definition) is 1. The van der Waals surface area contributed by atoms with E-state index in [0.29, 0.717) is 22.8 Å². The van der Waals surface area contributed by atoms with Crippen LogP contribution in [0.15, 0.2) is 75.6 Å². The molecular formula is C19H13BrN2O4. The van der Waals surface area contributed by atoms with Crippen LogP contribution in [0, 0.1) is 10.1 Å². The average molecular weight is 413 g/mol. The number of nitro groups is 1. The summed E-state index contributed by atoms with van der Waals surface area (Å²) in [5.74, 6) is 0.477. The van der Waals surface area contributed by atoms with E-state index < -0.39 is 4.92 Å². The third-order valence-corrected chi connectivity index (χ3v) is 4.03. The van der Waals surface area contributed by atoms with E-state index in [1.54, 1.807) is 42.5 Å². The summed E-state index contributed by atoms with van der Waals surface area (Å²) in [5, 5.41) is 13.8. The van der Waals surface area contributed by atoms with Gasteiger partial charge >= 0.3 is 0 Å². The second-order valence-corrected chi connectivity index (χ2v) is 6.22. The molecule has 7 heteroatoms. The lowest BCUT2D eigenvalue weighted by molar-refractivity contribution is -0.384. The van der Waals surface area contributed by atoms with Gasteiger partial charge in [-0.25, -0.2) is 0 Å². The van der Waals surface area contributed by atoms with Gasteiger partial charge in [0.15, 0.2) is 0 Å². The van der Waals surface area contributed by atoms with Gasteiger partial charge in [0.1, 0.15) is 11.5 Å². The minimum atomic E-state index is -0.459. The summed E-state index contributed by atoms with van der Waals surface area (Å²) >= 11 is 3.33. The van der Waals surface area contributed by atoms with Crippen molar-refractivity contribution in [3.05, 3.63) is 87.1 Å². The Hall–Kier alpha value is -3.19. The van der Waals surface area contributed by atoms with Crippen molar-refractivity contribution in [3.63, 3.8) is 0 Å². The molecule has 2 aromatic carbocycles. The molecule has 0 aliphatic rings. The summed E-state index contributed by atoms with van der Waals surface area (Å²) in [4.78, 5) is 22.6. The molecule has 1 amide bonds. The van der Waals surface area contributed by atoms with Crippen LogP contribution in [0.2, 0.25) is 0 Å². The molecule has 0 aliphatic heterocycles. The van der Waals surface area contributed by atoms with Crippen molar-refractivity contribution < 1.29 is 14.1 Å². The second-order valence-electron chi connectivity index (χ2n) is 5.31. The third kappa shape index (κ3) is 4.25. The van der Waals surface area contributed by atoms with Crippen LogP contribution >= 0.6 is 15.9 Å². The Morgan fingerprint density at radius 2 is 1.81 bits per heavy atom. The molecule has 0 saturated carbocycles. The molecular weight excluding hydrogens is 400 g/mol. The van der Waals surface area contributed by atoms with Crippen molar-refractivity contribution in [2.75, 3.05) is 5.32 Å². The van der Waals surface area contributed by atoms with Gasteiger partial charge < -0.3 is 9.73 Å². The van der Waals surface area contributed by atoms with Crippen molar-refractivity contribution in [2.45, 2.75) is 0 Å². The number of nitrogens with one attached hydrogen (secondary N) is 1. The zero-order valence-corrected chi connectivity index (χ0v) is 15.0. The van der Waals surface area contributed by atoms with Crippen LogP contribution < -0.4 is 5.32 Å². The summed E-state index contributed by atoms with van der Waals surface area (Å²) in [6, 6.07) is 16.8. The summed E-state index contributed by atoms with van der Waals surface area (Å²) in [6.07, 6.45) is 2.84. The molecule has 3 rings (SSSR count). The fraction of sp³-hybridized carbons (Fsp3) is 0. The van der Waals surface area contributed by atoms with Crippen LogP contribution in [0.5, 0.6) is 0 Å². The number of nitrogens with zero attached hydrogens (tertiary/aromatic N) is 1. The Kier molecular flexibility index (Phi) is 5.28. The number of hydrogen-bond acceptors (Lipinski definition) is 4. The molecule has 0 saturated heterocycles. The number of para-hydroxylation sites is 1. The first kappa shape index (κ1) is 17.6. The minimum Gasteiger partial charge on any atom is -0.456 e. The number of rotatable bonds is 5. The summed E-state index contributed by atoms with van der Waals surface area (Å²) in [6.45, 7) is 0. The van der Waals surface area contributed by atoms with Crippen molar-refractivity contribution in [3.8, 4) is 11.3 Å². The van der Waals surface area contributed by atoms with Crippen LogP contribution in [0.3, 0.4) is 0 Å². The van der Waals surface area contributed by atoms with Gasteiger partial charge in [-0.2, -0.15) is 0 Å². The highest BCUT2D eigenvalue weighted by Gasteiger charge is 2.16. The maximum Gasteiger partial charge on any atom is 0.280 e. The van der Waals surface area contributed by atoms with Crippen molar-refractivity contribution in [2.24, 2.45) is 0 Å². The van der Waals surface area contributed by atoms with Gasteiger partial charge in [-0.05, 0) is 48.5 Å². The monoisotopic (exact) mass is 412 g/mol. The van der Waals surface area contributed by atoms with Gasteiger partial charge in [-0.1, -0.05) is 28.1 Å². The van der Waals surface area contributed by atoms with E-state index >= 15 is 0 Å². The zero-order valence-electron chi connectivity index (χ0n) is 13.4. The lowest BCUT2D eigenvalue weighted by Crippen LogP contribution is -2.07. The number of anilines is 1. The summed E-state index contributed by atoms with van der Waals surface area (Å²) in [7, 11) is 0. The molecule has 130 valence electrons. The molecule has 0 spiro atoms. The minimum absolute atomic E-state index is 0.0367. The van der Waals surface area contributed by atoms with Gasteiger partial charge in [0.2, 0.25) is 5.91 Å². The first-order valence-electron chi connectivity index (χ1n) is 7.61. The number of furan rings is 1. The Labute approximate surface area is 157 Å². The second kappa shape index (κ2) is 7.79. The van der Waals surface area contributed by atoms with Crippen LogP contribution in [0.25, 0.3) is 17.4 Å². The number of carbonyl (C=O) groups is 1. The smallest absolute Gasteiger partial charge is 0.280 e. The first-order valence-corrected chi connectivity index (χ1v) is 8.40. The number of benzene rings is 2. The number of halogens is 1. The number of amides is 1. The molecule has 1 N–H and O–H groups in total. The van der Waals surface area contributed by atoms with E-state index in [2.05, 4.69) is 21.2 Å². The average Bonchev–Trinajstić information content (AvgIpc) is 3.11. The van der Waals surface area contributed by atoms with Crippen LogP contribution in [-0.2, 0) is 4.79 Å². The predicted molar refractivity (Wildman–Crippen MR) is 103 cm³/mol. The van der Waals surface area contributed by atoms with Gasteiger partial charge in [0.25, 0.3) is 5.69 Å². The highest BCUT2D eigenvalue weighted by Crippen LogP contribution is 2.31. The molecule has 0 bridgehead atoms. The quantitative estimate of drug-likeness (QED) is 0.351. The van der Waals surface area contributed by atoms with E-state index in [-0.39, 0.29) is 11.6 Å². The van der Waals surface area contributed by atoms with E-state index in [1.807, 2.05) is 12.1 Å². The molecule has 3 aromatic rings. The Bertz CT molecular complexity index is 977. The SMILES string of the molecule is O=C(C=Cc1ccc(-c2ccccc2[N+](=O)[O-])o1)Nc1ccc(Br)cc1. The molecule has 0 radical (unpaired) electrons. The van der Waals surface area contributed by atoms with Gasteiger partial charge in [0.05, 0.1) is 10.5 Å². The predicted octanol–water partition coefficient (Wildman–Crippen LogP) is 5.27. The number of nitro benzene ring substituents is 1. The van der Waals surface area contributed by atoms with E-state index in [0.717, 1.165) is 4.47 Å². The highest BCUT2D eigenvalue weighted by molar-refractivity contribution is 9.10. The Balaban J connectivity index is 1.72. The normalized spacial score (nSPS) is 10.8. The molecule has 0 unspecified atom stereocenters. The fourth-order valence-corrected chi connectivity index (χ4v) is 2.57. The fourth-order valence-electron chi connectivity index (χ4n) is 2.30. The molecule has 26 heavy (non-hydrogen) atoms. The third-order valence-electron chi connectivity index (χ3n) is 3.50. The maximum absolute atomic E-state index is 12.0. The molecule has 0 fully saturated rings. The lowest BCUT2D eigenvalue weighted by atomic mass is 10.1. The lowest BCUT2D eigenvalue weighted by Gasteiger charge is -2.01. The first-order chi connectivity index (χ1) is 12.5. The Morgan fingerprint density at radius 1 is 1.08 bits per heavy atom. The van der Waals surface area contributed by atoms with Crippen LogP contribution in [0.1, 0.15) is 5.76 Å². The van der Waals surface area contributed by atoms with Crippen molar-refractivity contribution in [1.82, 2.24) is 0 Å². The van der Waals surface area contributed by atoms with Crippen molar-refractivity contribution in [1.29, 1.82) is 0 Å². The van der Waals surface area contributed by atoms with E-state index in [1.165, 1.54) is 18.2 Å². The largest absolute Gasteiger partial charge is 0.456 e. The molecule has 0 aliphatic carbocycles. The summed E-state index contributed by atoms with van der Waals surface area (Å²) in [5.41, 5.74) is 1.02. The highest BCUT2D eigenvalue weighted by atomic mass is 79.9. The standard InChI is InChI=1S/C19H13BrN2O4/c20-13-5-7-14(8-6-13)21-19(23)12-10-15-9-11-18(26-15)16-3-1-2-4-17(16)22(24)25/h1-12H,(H,21,23). The molecule has 1 aromatic heterocycles. The topological polar surface area (TPSA) is 85.4 Å². The molecule has 0 atom stereocenters. The van der Waals surface area contributed by atoms with Crippen LogP contribution in [-0.4, -0.2) is 10.8 Å². The van der Waals surface area contributed by atoms with Gasteiger partial charge in [0, 0.05) is 22.3 Å².